The van der Waals surface area contributed by atoms with Crippen LogP contribution in [-0.2, 0) is 0 Å². The summed E-state index contributed by atoms with van der Waals surface area (Å²) in [4.78, 5) is 0. The Morgan fingerprint density at radius 3 is 1.76 bits per heavy atom. The number of anilines is 1. The summed E-state index contributed by atoms with van der Waals surface area (Å²) in [7, 11) is 0. The number of rotatable bonds is 6. The number of hydrogen-bond acceptors (Lipinski definition) is 2. The molecular formula is C12H7F11N2. The lowest BCUT2D eigenvalue weighted by molar-refractivity contribution is -0.400. The van der Waals surface area contributed by atoms with E-state index in [9.17, 15) is 48.3 Å². The quantitative estimate of drug-likeness (QED) is 0.405. The van der Waals surface area contributed by atoms with Crippen molar-refractivity contribution in [1.29, 1.82) is 0 Å². The van der Waals surface area contributed by atoms with Crippen molar-refractivity contribution in [3.05, 3.63) is 30.3 Å². The fourth-order valence-corrected chi connectivity index (χ4v) is 1.38. The molecule has 0 aromatic heterocycles. The summed E-state index contributed by atoms with van der Waals surface area (Å²) in [6.45, 7) is 0. The molecule has 1 aromatic carbocycles. The second kappa shape index (κ2) is 6.67. The van der Waals surface area contributed by atoms with Gasteiger partial charge in [0.05, 0.1) is 5.69 Å². The number of nitrogens with one attached hydrogen (secondary N) is 1. The number of benzene rings is 1. The third-order valence-electron chi connectivity index (χ3n) is 2.76. The van der Waals surface area contributed by atoms with E-state index in [1.807, 2.05) is 0 Å². The molecule has 0 radical (unpaired) electrons. The molecule has 0 saturated carbocycles. The van der Waals surface area contributed by atoms with E-state index in [0.29, 0.717) is 0 Å². The Labute approximate surface area is 132 Å². The minimum atomic E-state index is -7.32. The molecule has 13 heteroatoms. The van der Waals surface area contributed by atoms with Crippen molar-refractivity contribution < 1.29 is 48.3 Å². The molecule has 0 aliphatic rings. The van der Waals surface area contributed by atoms with Crippen LogP contribution in [0.3, 0.4) is 0 Å². The highest BCUT2D eigenvalue weighted by Crippen LogP contribution is 2.54. The van der Waals surface area contributed by atoms with Gasteiger partial charge >= 0.3 is 23.9 Å². The third kappa shape index (κ3) is 3.79. The molecule has 1 atom stereocenters. The maximum Gasteiger partial charge on any atom is 0.460 e. The summed E-state index contributed by atoms with van der Waals surface area (Å²) in [5.74, 6) is -24.3. The number of nitrogens with zero attached hydrogens (tertiary/aromatic N) is 1. The number of alkyl halides is 10. The molecular weight excluding hydrogens is 381 g/mol. The Hall–Kier alpha value is -2.08. The van der Waals surface area contributed by atoms with Crippen LogP contribution in [0.1, 0.15) is 0 Å². The zero-order valence-electron chi connectivity index (χ0n) is 11.6. The Bertz CT molecular complexity index is 609. The van der Waals surface area contributed by atoms with Gasteiger partial charge in [-0.3, -0.25) is 5.43 Å². The van der Waals surface area contributed by atoms with Crippen molar-refractivity contribution >= 4 is 11.7 Å². The van der Waals surface area contributed by atoms with Crippen molar-refractivity contribution in [1.82, 2.24) is 0 Å². The first kappa shape index (κ1) is 21.0. The highest BCUT2D eigenvalue weighted by molar-refractivity contribution is 5.81. The van der Waals surface area contributed by atoms with Crippen LogP contribution in [0.5, 0.6) is 0 Å². The largest absolute Gasteiger partial charge is 0.460 e. The van der Waals surface area contributed by atoms with E-state index in [2.05, 4.69) is 5.10 Å². The molecule has 0 saturated heterocycles. The standard InChI is InChI=1S/C12H7F11N2/c13-7(8(14)25-24-6-4-2-1-3-5-6)9(15,16)10(17,18)11(19,20)12(21,22)23/h1-5,7,24H/b25-8-. The maximum atomic E-state index is 13.2. The molecule has 0 aliphatic carbocycles. The van der Waals surface area contributed by atoms with Crippen LogP contribution < -0.4 is 5.43 Å². The van der Waals surface area contributed by atoms with Gasteiger partial charge in [0.1, 0.15) is 0 Å². The second-order valence-corrected chi connectivity index (χ2v) is 4.54. The van der Waals surface area contributed by atoms with Crippen molar-refractivity contribution in [2.75, 3.05) is 5.43 Å². The van der Waals surface area contributed by atoms with Gasteiger partial charge in [0.2, 0.25) is 12.1 Å². The molecule has 25 heavy (non-hydrogen) atoms. The SMILES string of the molecule is F/C(=N\Nc1ccccc1)C(F)C(F)(F)C(F)(F)C(F)(F)C(F)(F)F. The molecule has 0 bridgehead atoms. The second-order valence-electron chi connectivity index (χ2n) is 4.54. The Morgan fingerprint density at radius 2 is 1.32 bits per heavy atom. The predicted octanol–water partition coefficient (Wildman–Crippen LogP) is 5.19. The molecule has 0 aliphatic heterocycles. The van der Waals surface area contributed by atoms with E-state index in [-0.39, 0.29) is 5.69 Å². The van der Waals surface area contributed by atoms with Crippen molar-refractivity contribution in [3.63, 3.8) is 0 Å². The van der Waals surface area contributed by atoms with Crippen molar-refractivity contribution in [2.45, 2.75) is 30.1 Å². The van der Waals surface area contributed by atoms with Crippen LogP contribution in [0, 0.1) is 0 Å². The average Bonchev–Trinajstić information content (AvgIpc) is 2.51. The molecule has 0 heterocycles. The van der Waals surface area contributed by atoms with Gasteiger partial charge in [-0.2, -0.15) is 43.9 Å². The lowest BCUT2D eigenvalue weighted by atomic mass is 10.00. The zero-order chi connectivity index (χ0) is 19.7. The van der Waals surface area contributed by atoms with Gasteiger partial charge in [0.15, 0.2) is 0 Å². The van der Waals surface area contributed by atoms with Gasteiger partial charge in [-0.05, 0) is 12.1 Å². The molecule has 1 aromatic rings. The number of para-hydroxylation sites is 1. The molecule has 1 unspecified atom stereocenters. The van der Waals surface area contributed by atoms with Gasteiger partial charge in [-0.25, -0.2) is 4.39 Å². The highest BCUT2D eigenvalue weighted by atomic mass is 19.4. The molecule has 2 nitrogen and oxygen atoms in total. The Morgan fingerprint density at radius 1 is 0.840 bits per heavy atom. The highest BCUT2D eigenvalue weighted by Gasteiger charge is 2.84. The Kier molecular flexibility index (Phi) is 5.59. The van der Waals surface area contributed by atoms with Crippen molar-refractivity contribution in [2.24, 2.45) is 5.10 Å². The van der Waals surface area contributed by atoms with Gasteiger partial charge in [-0.15, -0.1) is 5.10 Å². The average molecular weight is 388 g/mol. The van der Waals surface area contributed by atoms with Gasteiger partial charge in [0.25, 0.3) is 0 Å². The van der Waals surface area contributed by atoms with Crippen LogP contribution in [0.15, 0.2) is 35.4 Å². The van der Waals surface area contributed by atoms with Gasteiger partial charge in [0, 0.05) is 0 Å². The van der Waals surface area contributed by atoms with E-state index < -0.39 is 36.1 Å². The summed E-state index contributed by atoms with van der Waals surface area (Å²) < 4.78 is 139. The summed E-state index contributed by atoms with van der Waals surface area (Å²) >= 11 is 0. The van der Waals surface area contributed by atoms with E-state index in [1.165, 1.54) is 18.2 Å². The molecule has 0 fully saturated rings. The van der Waals surface area contributed by atoms with Crippen LogP contribution in [0.25, 0.3) is 0 Å². The molecule has 0 spiro atoms. The normalized spacial score (nSPS) is 15.9. The number of hydrogen-bond donors (Lipinski definition) is 1. The smallest absolute Gasteiger partial charge is 0.276 e. The van der Waals surface area contributed by atoms with E-state index >= 15 is 0 Å². The predicted molar refractivity (Wildman–Crippen MR) is 64.4 cm³/mol. The monoisotopic (exact) mass is 388 g/mol. The summed E-state index contributed by atoms with van der Waals surface area (Å²) in [6.07, 6.45) is -12.0. The first-order valence-electron chi connectivity index (χ1n) is 6.04. The first-order valence-corrected chi connectivity index (χ1v) is 6.04. The van der Waals surface area contributed by atoms with Gasteiger partial charge < -0.3 is 0 Å². The van der Waals surface area contributed by atoms with Crippen LogP contribution in [0.2, 0.25) is 0 Å². The summed E-state index contributed by atoms with van der Waals surface area (Å²) in [6, 6.07) is 6.37. The molecule has 0 amide bonds. The first-order chi connectivity index (χ1) is 11.2. The zero-order valence-corrected chi connectivity index (χ0v) is 11.6. The van der Waals surface area contributed by atoms with Crippen molar-refractivity contribution in [3.8, 4) is 0 Å². The fraction of sp³-hybridized carbons (Fsp3) is 0.417. The summed E-state index contributed by atoms with van der Waals surface area (Å²) in [5, 5.41) is 2.30. The van der Waals surface area contributed by atoms with E-state index in [4.69, 9.17) is 0 Å². The van der Waals surface area contributed by atoms with E-state index in [0.717, 1.165) is 12.1 Å². The van der Waals surface area contributed by atoms with Crippen LogP contribution in [-0.4, -0.2) is 36.1 Å². The van der Waals surface area contributed by atoms with Crippen LogP contribution in [0.4, 0.5) is 54.0 Å². The third-order valence-corrected chi connectivity index (χ3v) is 2.76. The molecule has 1 N–H and O–H groups in total. The van der Waals surface area contributed by atoms with Gasteiger partial charge in [-0.1, -0.05) is 18.2 Å². The lowest BCUT2D eigenvalue weighted by Gasteiger charge is -2.34. The fourth-order valence-electron chi connectivity index (χ4n) is 1.38. The van der Waals surface area contributed by atoms with Crippen LogP contribution >= 0.6 is 0 Å². The minimum absolute atomic E-state index is 0.138. The molecule has 1 rings (SSSR count). The summed E-state index contributed by atoms with van der Waals surface area (Å²) in [5.41, 5.74) is 1.46. The number of hydrazone groups is 1. The Balaban J connectivity index is 3.10. The minimum Gasteiger partial charge on any atom is -0.276 e. The van der Waals surface area contributed by atoms with E-state index in [1.54, 1.807) is 5.43 Å². The topological polar surface area (TPSA) is 24.4 Å². The lowest BCUT2D eigenvalue weighted by Crippen LogP contribution is -2.64. The number of halogens is 11. The maximum absolute atomic E-state index is 13.2. The molecule has 142 valence electrons.